The molecule has 1 unspecified atom stereocenters. The SMILES string of the molecule is COc1cccc(C(O)Cc2nc3ccccc3s2)c1. The lowest BCUT2D eigenvalue weighted by Gasteiger charge is -2.10. The monoisotopic (exact) mass is 285 g/mol. The number of para-hydroxylation sites is 1. The smallest absolute Gasteiger partial charge is 0.119 e. The van der Waals surface area contributed by atoms with Gasteiger partial charge in [-0.05, 0) is 29.8 Å². The number of aliphatic hydroxyl groups is 1. The van der Waals surface area contributed by atoms with Gasteiger partial charge in [0.1, 0.15) is 5.75 Å². The summed E-state index contributed by atoms with van der Waals surface area (Å²) in [4.78, 5) is 4.55. The van der Waals surface area contributed by atoms with Crippen LogP contribution in [0.2, 0.25) is 0 Å². The number of benzene rings is 2. The van der Waals surface area contributed by atoms with Crippen molar-refractivity contribution < 1.29 is 9.84 Å². The molecule has 0 saturated heterocycles. The van der Waals surface area contributed by atoms with Crippen molar-refractivity contribution in [2.45, 2.75) is 12.5 Å². The highest BCUT2D eigenvalue weighted by molar-refractivity contribution is 7.18. The van der Waals surface area contributed by atoms with E-state index in [2.05, 4.69) is 11.1 Å². The molecule has 0 aliphatic rings. The lowest BCUT2D eigenvalue weighted by molar-refractivity contribution is 0.178. The molecule has 0 amide bonds. The van der Waals surface area contributed by atoms with Gasteiger partial charge in [0.25, 0.3) is 0 Å². The molecule has 0 aliphatic heterocycles. The van der Waals surface area contributed by atoms with Gasteiger partial charge in [-0.3, -0.25) is 0 Å². The van der Waals surface area contributed by atoms with Crippen LogP contribution in [-0.4, -0.2) is 17.2 Å². The number of ether oxygens (including phenoxy) is 1. The van der Waals surface area contributed by atoms with Gasteiger partial charge in [0, 0.05) is 6.42 Å². The van der Waals surface area contributed by atoms with Crippen molar-refractivity contribution in [3.8, 4) is 5.75 Å². The van der Waals surface area contributed by atoms with Gasteiger partial charge in [0.05, 0.1) is 28.4 Å². The quantitative estimate of drug-likeness (QED) is 0.796. The van der Waals surface area contributed by atoms with Crippen LogP contribution in [-0.2, 0) is 6.42 Å². The molecule has 1 N–H and O–H groups in total. The van der Waals surface area contributed by atoms with Gasteiger partial charge in [-0.2, -0.15) is 0 Å². The van der Waals surface area contributed by atoms with Gasteiger partial charge in [-0.1, -0.05) is 24.3 Å². The Hall–Kier alpha value is -1.91. The second kappa shape index (κ2) is 5.61. The topological polar surface area (TPSA) is 42.4 Å². The molecular formula is C16H15NO2S. The van der Waals surface area contributed by atoms with E-state index in [0.717, 1.165) is 26.5 Å². The van der Waals surface area contributed by atoms with Gasteiger partial charge >= 0.3 is 0 Å². The molecule has 0 aliphatic carbocycles. The van der Waals surface area contributed by atoms with Gasteiger partial charge in [-0.15, -0.1) is 11.3 Å². The van der Waals surface area contributed by atoms with Crippen molar-refractivity contribution >= 4 is 21.6 Å². The summed E-state index contributed by atoms with van der Waals surface area (Å²) in [5, 5.41) is 11.3. The van der Waals surface area contributed by atoms with Crippen LogP contribution in [0.4, 0.5) is 0 Å². The van der Waals surface area contributed by atoms with Gasteiger partial charge in [0.15, 0.2) is 0 Å². The van der Waals surface area contributed by atoms with E-state index in [0.29, 0.717) is 6.42 Å². The number of fused-ring (bicyclic) bond motifs is 1. The molecule has 0 radical (unpaired) electrons. The zero-order valence-corrected chi connectivity index (χ0v) is 11.9. The van der Waals surface area contributed by atoms with Crippen molar-refractivity contribution in [1.29, 1.82) is 0 Å². The summed E-state index contributed by atoms with van der Waals surface area (Å²) >= 11 is 1.63. The van der Waals surface area contributed by atoms with Crippen LogP contribution < -0.4 is 4.74 Å². The minimum absolute atomic E-state index is 0.520. The minimum Gasteiger partial charge on any atom is -0.497 e. The first-order valence-electron chi connectivity index (χ1n) is 6.43. The van der Waals surface area contributed by atoms with Crippen molar-refractivity contribution in [2.24, 2.45) is 0 Å². The van der Waals surface area contributed by atoms with Crippen LogP contribution in [0.25, 0.3) is 10.2 Å². The summed E-state index contributed by atoms with van der Waals surface area (Å²) in [5.41, 5.74) is 1.84. The third-order valence-corrected chi connectivity index (χ3v) is 4.24. The number of methoxy groups -OCH3 is 1. The maximum Gasteiger partial charge on any atom is 0.119 e. The molecule has 2 aromatic carbocycles. The number of nitrogens with zero attached hydrogens (tertiary/aromatic N) is 1. The van der Waals surface area contributed by atoms with E-state index in [1.807, 2.05) is 42.5 Å². The first-order chi connectivity index (χ1) is 9.76. The van der Waals surface area contributed by atoms with Crippen molar-refractivity contribution in [1.82, 2.24) is 4.98 Å². The number of thiazole rings is 1. The average Bonchev–Trinajstić information content (AvgIpc) is 2.89. The third kappa shape index (κ3) is 2.66. The van der Waals surface area contributed by atoms with Gasteiger partial charge < -0.3 is 9.84 Å². The zero-order valence-electron chi connectivity index (χ0n) is 11.1. The summed E-state index contributed by atoms with van der Waals surface area (Å²) in [6.07, 6.45) is -0.0439. The van der Waals surface area contributed by atoms with Gasteiger partial charge in [0.2, 0.25) is 0 Å². The number of hydrogen-bond acceptors (Lipinski definition) is 4. The summed E-state index contributed by atoms with van der Waals surface area (Å²) in [6, 6.07) is 15.5. The molecule has 1 heterocycles. The summed E-state index contributed by atoms with van der Waals surface area (Å²) in [7, 11) is 1.62. The van der Waals surface area contributed by atoms with Crippen molar-refractivity contribution in [2.75, 3.05) is 7.11 Å². The third-order valence-electron chi connectivity index (χ3n) is 3.18. The Bertz CT molecular complexity index is 690. The second-order valence-electron chi connectivity index (χ2n) is 4.57. The number of rotatable bonds is 4. The van der Waals surface area contributed by atoms with Crippen LogP contribution in [0.3, 0.4) is 0 Å². The Morgan fingerprint density at radius 3 is 2.85 bits per heavy atom. The zero-order chi connectivity index (χ0) is 13.9. The fourth-order valence-corrected chi connectivity index (χ4v) is 3.14. The fraction of sp³-hybridized carbons (Fsp3) is 0.188. The van der Waals surface area contributed by atoms with Crippen LogP contribution in [0.1, 0.15) is 16.7 Å². The molecule has 102 valence electrons. The highest BCUT2D eigenvalue weighted by Gasteiger charge is 2.12. The molecule has 0 bridgehead atoms. The Labute approximate surface area is 121 Å². The first-order valence-corrected chi connectivity index (χ1v) is 7.24. The molecule has 20 heavy (non-hydrogen) atoms. The molecule has 1 atom stereocenters. The van der Waals surface area contributed by atoms with Gasteiger partial charge in [-0.25, -0.2) is 4.98 Å². The highest BCUT2D eigenvalue weighted by Crippen LogP contribution is 2.27. The van der Waals surface area contributed by atoms with E-state index >= 15 is 0 Å². The predicted molar refractivity (Wildman–Crippen MR) is 81.3 cm³/mol. The van der Waals surface area contributed by atoms with Crippen molar-refractivity contribution in [3.05, 3.63) is 59.1 Å². The number of hydrogen-bond donors (Lipinski definition) is 1. The summed E-state index contributed by atoms with van der Waals surface area (Å²) < 4.78 is 6.33. The standard InChI is InChI=1S/C16H15NO2S/c1-19-12-6-4-5-11(9-12)14(18)10-16-17-13-7-2-3-8-15(13)20-16/h2-9,14,18H,10H2,1H3. The Kier molecular flexibility index (Phi) is 3.67. The van der Waals surface area contributed by atoms with E-state index in [4.69, 9.17) is 4.74 Å². The predicted octanol–water partition coefficient (Wildman–Crippen LogP) is 3.58. The maximum absolute atomic E-state index is 10.3. The first kappa shape index (κ1) is 13.1. The number of aromatic nitrogens is 1. The summed E-state index contributed by atoms with van der Waals surface area (Å²) in [5.74, 6) is 0.755. The Morgan fingerprint density at radius 2 is 2.05 bits per heavy atom. The normalized spacial score (nSPS) is 12.5. The Morgan fingerprint density at radius 1 is 1.20 bits per heavy atom. The van der Waals surface area contributed by atoms with Crippen LogP contribution >= 0.6 is 11.3 Å². The van der Waals surface area contributed by atoms with Crippen LogP contribution in [0, 0.1) is 0 Å². The summed E-state index contributed by atoms with van der Waals surface area (Å²) in [6.45, 7) is 0. The van der Waals surface area contributed by atoms with E-state index in [1.54, 1.807) is 18.4 Å². The molecule has 0 saturated carbocycles. The maximum atomic E-state index is 10.3. The lowest BCUT2D eigenvalue weighted by Crippen LogP contribution is -2.01. The van der Waals surface area contributed by atoms with Crippen molar-refractivity contribution in [3.63, 3.8) is 0 Å². The molecule has 0 spiro atoms. The molecule has 3 aromatic rings. The lowest BCUT2D eigenvalue weighted by atomic mass is 10.1. The number of aliphatic hydroxyl groups excluding tert-OH is 1. The highest BCUT2D eigenvalue weighted by atomic mass is 32.1. The van der Waals surface area contributed by atoms with E-state index in [-0.39, 0.29) is 0 Å². The van der Waals surface area contributed by atoms with E-state index in [1.165, 1.54) is 0 Å². The largest absolute Gasteiger partial charge is 0.497 e. The second-order valence-corrected chi connectivity index (χ2v) is 5.69. The minimum atomic E-state index is -0.564. The molecule has 3 rings (SSSR count). The Balaban J connectivity index is 1.82. The molecule has 1 aromatic heterocycles. The molecule has 3 nitrogen and oxygen atoms in total. The molecule has 0 fully saturated rings. The average molecular weight is 285 g/mol. The molecule has 4 heteroatoms. The van der Waals surface area contributed by atoms with Crippen LogP contribution in [0.15, 0.2) is 48.5 Å². The van der Waals surface area contributed by atoms with Crippen LogP contribution in [0.5, 0.6) is 5.75 Å². The van der Waals surface area contributed by atoms with E-state index in [9.17, 15) is 5.11 Å². The fourth-order valence-electron chi connectivity index (χ4n) is 2.14. The molecular weight excluding hydrogens is 270 g/mol. The van der Waals surface area contributed by atoms with E-state index < -0.39 is 6.10 Å².